The van der Waals surface area contributed by atoms with Gasteiger partial charge in [-0.1, -0.05) is 0 Å². The molecule has 100 valence electrons. The number of pyridine rings is 1. The van der Waals surface area contributed by atoms with Crippen LogP contribution in [0.1, 0.15) is 25.8 Å². The third kappa shape index (κ3) is 3.13. The number of likely N-dealkylation sites (tertiary alicyclic amines) is 1. The maximum Gasteiger partial charge on any atom is 0.129 e. The quantitative estimate of drug-likeness (QED) is 0.857. The standard InChI is InChI=1S/C14H24N4/c1-10(2)18-5-4-12(9-18)7-16-14-11(3)6-13(15)8-17-14/h6,8,10,12H,4-5,7,9,15H2,1-3H3,(H,16,17). The van der Waals surface area contributed by atoms with Crippen LogP contribution in [0.15, 0.2) is 12.3 Å². The van der Waals surface area contributed by atoms with E-state index in [1.165, 1.54) is 19.5 Å². The fourth-order valence-electron chi connectivity index (χ4n) is 2.52. The summed E-state index contributed by atoms with van der Waals surface area (Å²) in [6.07, 6.45) is 2.99. The molecule has 1 aromatic rings. The lowest BCUT2D eigenvalue weighted by atomic mass is 10.1. The number of rotatable bonds is 4. The van der Waals surface area contributed by atoms with Gasteiger partial charge in [0.1, 0.15) is 5.82 Å². The van der Waals surface area contributed by atoms with Crippen molar-refractivity contribution in [1.29, 1.82) is 0 Å². The Kier molecular flexibility index (Phi) is 4.07. The number of aromatic nitrogens is 1. The first-order valence-electron chi connectivity index (χ1n) is 6.76. The molecule has 3 N–H and O–H groups in total. The van der Waals surface area contributed by atoms with Gasteiger partial charge in [0.25, 0.3) is 0 Å². The van der Waals surface area contributed by atoms with E-state index in [-0.39, 0.29) is 0 Å². The third-order valence-corrected chi connectivity index (χ3v) is 3.71. The summed E-state index contributed by atoms with van der Waals surface area (Å²) < 4.78 is 0. The van der Waals surface area contributed by atoms with Crippen LogP contribution < -0.4 is 11.1 Å². The molecule has 0 saturated carbocycles. The van der Waals surface area contributed by atoms with Gasteiger partial charge in [-0.2, -0.15) is 0 Å². The van der Waals surface area contributed by atoms with Gasteiger partial charge in [0.2, 0.25) is 0 Å². The Morgan fingerprint density at radius 3 is 2.94 bits per heavy atom. The van der Waals surface area contributed by atoms with Crippen LogP contribution in [0.4, 0.5) is 11.5 Å². The van der Waals surface area contributed by atoms with Crippen LogP contribution in [0.5, 0.6) is 0 Å². The van der Waals surface area contributed by atoms with E-state index in [0.29, 0.717) is 6.04 Å². The van der Waals surface area contributed by atoms with Gasteiger partial charge in [0.05, 0.1) is 11.9 Å². The average molecular weight is 248 g/mol. The van der Waals surface area contributed by atoms with Crippen LogP contribution in [0.2, 0.25) is 0 Å². The molecule has 0 aliphatic carbocycles. The molecule has 0 bridgehead atoms. The molecule has 2 heterocycles. The largest absolute Gasteiger partial charge is 0.397 e. The maximum absolute atomic E-state index is 5.70. The summed E-state index contributed by atoms with van der Waals surface area (Å²) >= 11 is 0. The van der Waals surface area contributed by atoms with Gasteiger partial charge in [0, 0.05) is 19.1 Å². The summed E-state index contributed by atoms with van der Waals surface area (Å²) in [7, 11) is 0. The summed E-state index contributed by atoms with van der Waals surface area (Å²) in [5.41, 5.74) is 7.55. The molecular weight excluding hydrogens is 224 g/mol. The van der Waals surface area contributed by atoms with Gasteiger partial charge in [-0.3, -0.25) is 0 Å². The average Bonchev–Trinajstić information content (AvgIpc) is 2.76. The minimum absolute atomic E-state index is 0.659. The van der Waals surface area contributed by atoms with E-state index >= 15 is 0 Å². The molecule has 1 aliphatic rings. The van der Waals surface area contributed by atoms with E-state index in [9.17, 15) is 0 Å². The molecule has 1 atom stereocenters. The molecule has 4 heteroatoms. The number of anilines is 2. The summed E-state index contributed by atoms with van der Waals surface area (Å²) in [6.45, 7) is 9.99. The topological polar surface area (TPSA) is 54.2 Å². The highest BCUT2D eigenvalue weighted by Crippen LogP contribution is 2.20. The van der Waals surface area contributed by atoms with Crippen LogP contribution in [-0.4, -0.2) is 35.6 Å². The molecule has 0 radical (unpaired) electrons. The van der Waals surface area contributed by atoms with E-state index in [1.807, 2.05) is 13.0 Å². The monoisotopic (exact) mass is 248 g/mol. The number of nitrogens with zero attached hydrogens (tertiary/aromatic N) is 2. The molecule has 0 spiro atoms. The molecule has 0 aromatic carbocycles. The van der Waals surface area contributed by atoms with Crippen LogP contribution >= 0.6 is 0 Å². The van der Waals surface area contributed by atoms with Crippen molar-refractivity contribution < 1.29 is 0 Å². The Morgan fingerprint density at radius 1 is 1.56 bits per heavy atom. The zero-order chi connectivity index (χ0) is 13.1. The Morgan fingerprint density at radius 2 is 2.33 bits per heavy atom. The Balaban J connectivity index is 1.85. The highest BCUT2D eigenvalue weighted by Gasteiger charge is 2.23. The Hall–Kier alpha value is -1.29. The summed E-state index contributed by atoms with van der Waals surface area (Å²) in [5, 5.41) is 3.45. The first-order valence-corrected chi connectivity index (χ1v) is 6.76. The highest BCUT2D eigenvalue weighted by atomic mass is 15.2. The second kappa shape index (κ2) is 5.57. The van der Waals surface area contributed by atoms with Crippen LogP contribution in [0.3, 0.4) is 0 Å². The molecule has 1 unspecified atom stereocenters. The lowest BCUT2D eigenvalue weighted by molar-refractivity contribution is 0.266. The smallest absolute Gasteiger partial charge is 0.129 e. The van der Waals surface area contributed by atoms with Crippen LogP contribution in [0, 0.1) is 12.8 Å². The molecule has 1 fully saturated rings. The van der Waals surface area contributed by atoms with E-state index in [2.05, 4.69) is 29.0 Å². The highest BCUT2D eigenvalue weighted by molar-refractivity contribution is 5.50. The van der Waals surface area contributed by atoms with Gasteiger partial charge in [-0.05, 0) is 51.3 Å². The van der Waals surface area contributed by atoms with Gasteiger partial charge in [-0.25, -0.2) is 4.98 Å². The number of nitrogens with two attached hydrogens (primary N) is 1. The fourth-order valence-corrected chi connectivity index (χ4v) is 2.52. The van der Waals surface area contributed by atoms with Gasteiger partial charge >= 0.3 is 0 Å². The predicted molar refractivity (Wildman–Crippen MR) is 76.7 cm³/mol. The molecule has 2 rings (SSSR count). The van der Waals surface area contributed by atoms with Crippen molar-refractivity contribution in [2.24, 2.45) is 5.92 Å². The molecular formula is C14H24N4. The van der Waals surface area contributed by atoms with Gasteiger partial charge < -0.3 is 16.0 Å². The number of hydrogen-bond donors (Lipinski definition) is 2. The summed E-state index contributed by atoms with van der Waals surface area (Å²) in [5.74, 6) is 1.69. The third-order valence-electron chi connectivity index (χ3n) is 3.71. The molecule has 1 aromatic heterocycles. The molecule has 1 saturated heterocycles. The fraction of sp³-hybridized carbons (Fsp3) is 0.643. The van der Waals surface area contributed by atoms with Gasteiger partial charge in [-0.15, -0.1) is 0 Å². The van der Waals surface area contributed by atoms with E-state index in [1.54, 1.807) is 6.20 Å². The van der Waals surface area contributed by atoms with Crippen LogP contribution in [-0.2, 0) is 0 Å². The van der Waals surface area contributed by atoms with Crippen molar-refractivity contribution in [2.45, 2.75) is 33.2 Å². The maximum atomic E-state index is 5.70. The minimum atomic E-state index is 0.659. The zero-order valence-electron chi connectivity index (χ0n) is 11.6. The molecule has 1 aliphatic heterocycles. The second-order valence-corrected chi connectivity index (χ2v) is 5.56. The van der Waals surface area contributed by atoms with Crippen LogP contribution in [0.25, 0.3) is 0 Å². The zero-order valence-corrected chi connectivity index (χ0v) is 11.6. The first kappa shape index (κ1) is 13.1. The van der Waals surface area contributed by atoms with E-state index in [0.717, 1.165) is 29.5 Å². The Bertz CT molecular complexity index is 403. The number of aryl methyl sites for hydroxylation is 1. The molecule has 0 amide bonds. The summed E-state index contributed by atoms with van der Waals surface area (Å²) in [4.78, 5) is 6.88. The van der Waals surface area contributed by atoms with Crippen molar-refractivity contribution in [3.05, 3.63) is 17.8 Å². The molecule has 18 heavy (non-hydrogen) atoms. The SMILES string of the molecule is Cc1cc(N)cnc1NCC1CCN(C(C)C)C1. The summed E-state index contributed by atoms with van der Waals surface area (Å²) in [6, 6.07) is 2.62. The van der Waals surface area contributed by atoms with Crippen molar-refractivity contribution in [3.8, 4) is 0 Å². The van der Waals surface area contributed by atoms with Crippen molar-refractivity contribution in [3.63, 3.8) is 0 Å². The van der Waals surface area contributed by atoms with E-state index in [4.69, 9.17) is 5.73 Å². The van der Waals surface area contributed by atoms with Crippen molar-refractivity contribution >= 4 is 11.5 Å². The first-order chi connectivity index (χ1) is 8.56. The lowest BCUT2D eigenvalue weighted by Crippen LogP contribution is -2.29. The van der Waals surface area contributed by atoms with Crippen molar-refractivity contribution in [2.75, 3.05) is 30.7 Å². The number of hydrogen-bond acceptors (Lipinski definition) is 4. The molecule has 4 nitrogen and oxygen atoms in total. The Labute approximate surface area is 110 Å². The van der Waals surface area contributed by atoms with Crippen molar-refractivity contribution in [1.82, 2.24) is 9.88 Å². The number of nitrogen functional groups attached to an aromatic ring is 1. The normalized spacial score (nSPS) is 20.6. The second-order valence-electron chi connectivity index (χ2n) is 5.56. The minimum Gasteiger partial charge on any atom is -0.397 e. The number of nitrogens with one attached hydrogen (secondary N) is 1. The van der Waals surface area contributed by atoms with E-state index < -0.39 is 0 Å². The predicted octanol–water partition coefficient (Wildman–Crippen LogP) is 2.11. The van der Waals surface area contributed by atoms with Gasteiger partial charge in [0.15, 0.2) is 0 Å². The lowest BCUT2D eigenvalue weighted by Gasteiger charge is -2.20.